The number of aliphatic hydroxyl groups is 1. The second-order valence-electron chi connectivity index (χ2n) is 6.53. The van der Waals surface area contributed by atoms with E-state index < -0.39 is 54.6 Å². The van der Waals surface area contributed by atoms with Crippen molar-refractivity contribution in [3.05, 3.63) is 6.33 Å². The van der Waals surface area contributed by atoms with Crippen molar-refractivity contribution in [2.75, 3.05) is 19.5 Å². The first kappa shape index (κ1) is 26.9. The number of nitrogens with two attached hydrogens (primary N) is 1. The highest BCUT2D eigenvalue weighted by molar-refractivity contribution is 7.66. The van der Waals surface area contributed by atoms with E-state index in [1.807, 2.05) is 0 Å². The molecule has 3 rings (SSSR count). The zero-order chi connectivity index (χ0) is 25.5. The fourth-order valence-corrected chi connectivity index (χ4v) is 6.06. The van der Waals surface area contributed by atoms with E-state index in [1.165, 1.54) is 18.0 Å². The van der Waals surface area contributed by atoms with Crippen molar-refractivity contribution in [1.82, 2.24) is 19.5 Å². The normalized spacial score (nSPS) is 26.9. The maximum absolute atomic E-state index is 12.0. The summed E-state index contributed by atoms with van der Waals surface area (Å²) >= 11 is 0. The molecule has 19 nitrogen and oxygen atoms in total. The summed E-state index contributed by atoms with van der Waals surface area (Å²) in [4.78, 5) is 51.6. The largest absolute Gasteiger partial charge is 0.490 e. The van der Waals surface area contributed by atoms with Gasteiger partial charge in [-0.2, -0.15) is 18.6 Å². The van der Waals surface area contributed by atoms with Gasteiger partial charge in [0.15, 0.2) is 17.7 Å². The third kappa shape index (κ3) is 6.10. The molecule has 3 heterocycles. The summed E-state index contributed by atoms with van der Waals surface area (Å²) in [7, 11) is -15.5. The quantitative estimate of drug-likeness (QED) is 0.159. The van der Waals surface area contributed by atoms with Gasteiger partial charge in [-0.25, -0.2) is 23.7 Å². The van der Waals surface area contributed by atoms with Crippen LogP contribution in [0, 0.1) is 0 Å². The molecule has 7 N–H and O–H groups in total. The molecule has 2 aromatic heterocycles. The van der Waals surface area contributed by atoms with Crippen LogP contribution in [0.25, 0.3) is 11.2 Å². The lowest BCUT2D eigenvalue weighted by molar-refractivity contribution is -0.0526. The number of phosphoric acid groups is 3. The topological polar surface area (TPSA) is 280 Å². The smallest absolute Gasteiger partial charge is 0.386 e. The Hall–Kier alpha value is -1.69. The Morgan fingerprint density at radius 2 is 1.88 bits per heavy atom. The first-order valence-electron chi connectivity index (χ1n) is 8.78. The van der Waals surface area contributed by atoms with Crippen LogP contribution in [0.5, 0.6) is 0 Å². The number of fused-ring (bicyclic) bond motifs is 1. The molecule has 1 aliphatic rings. The van der Waals surface area contributed by atoms with Crippen LogP contribution in [0.2, 0.25) is 0 Å². The minimum atomic E-state index is -5.70. The Balaban J connectivity index is 1.78. The first-order valence-corrected chi connectivity index (χ1v) is 13.3. The van der Waals surface area contributed by atoms with Crippen LogP contribution >= 0.6 is 23.5 Å². The molecule has 1 saturated heterocycles. The molecule has 6 unspecified atom stereocenters. The van der Waals surface area contributed by atoms with Gasteiger partial charge in [0.25, 0.3) is 5.95 Å². The highest BCUT2D eigenvalue weighted by atomic mass is 31.3. The van der Waals surface area contributed by atoms with Gasteiger partial charge in [0.05, 0.1) is 12.9 Å². The predicted molar refractivity (Wildman–Crippen MR) is 109 cm³/mol. The van der Waals surface area contributed by atoms with E-state index in [2.05, 4.69) is 39.8 Å². The number of hydrogen-bond acceptors (Lipinski definition) is 14. The van der Waals surface area contributed by atoms with Crippen molar-refractivity contribution in [2.45, 2.75) is 24.5 Å². The molecule has 1 aliphatic heterocycles. The zero-order valence-electron chi connectivity index (χ0n) is 17.0. The van der Waals surface area contributed by atoms with Gasteiger partial charge < -0.3 is 39.9 Å². The summed E-state index contributed by atoms with van der Waals surface area (Å²) in [6, 6.07) is 0. The molecule has 0 spiro atoms. The van der Waals surface area contributed by atoms with E-state index in [4.69, 9.17) is 25.0 Å². The number of phosphoric ester groups is 1. The van der Waals surface area contributed by atoms with Crippen LogP contribution in [0.3, 0.4) is 0 Å². The molecule has 2 aromatic rings. The monoisotopic (exact) mass is 548 g/mol. The van der Waals surface area contributed by atoms with Crippen LogP contribution in [-0.4, -0.2) is 82.9 Å². The molecule has 0 saturated carbocycles. The third-order valence-corrected chi connectivity index (χ3v) is 8.05. The van der Waals surface area contributed by atoms with Crippen LogP contribution in [-0.2, 0) is 36.3 Å². The number of ether oxygens (including phenoxy) is 2. The van der Waals surface area contributed by atoms with Crippen molar-refractivity contribution in [1.29, 1.82) is 0 Å². The molecular formula is C12H19N6O13P3. The molecule has 0 aliphatic carbocycles. The van der Waals surface area contributed by atoms with Gasteiger partial charge in [-0.05, 0) is 6.72 Å². The Labute approximate surface area is 189 Å². The number of aromatic nitrogens is 4. The average Bonchev–Trinajstić information content (AvgIpc) is 3.24. The molecule has 0 aromatic carbocycles. The lowest BCUT2D eigenvalue weighted by Gasteiger charge is -2.20. The van der Waals surface area contributed by atoms with Crippen molar-refractivity contribution in [3.63, 3.8) is 0 Å². The molecule has 22 heteroatoms. The van der Waals surface area contributed by atoms with Crippen LogP contribution in [0.4, 0.5) is 11.8 Å². The molecular weight excluding hydrogens is 529 g/mol. The molecule has 0 radical (unpaired) electrons. The number of hydrogen-bond donors (Lipinski definition) is 6. The Bertz CT molecular complexity index is 1220. The third-order valence-electron chi connectivity index (χ3n) is 4.25. The highest BCUT2D eigenvalue weighted by Gasteiger charge is 2.48. The summed E-state index contributed by atoms with van der Waals surface area (Å²) < 4.78 is 58.0. The Morgan fingerprint density at radius 3 is 2.47 bits per heavy atom. The van der Waals surface area contributed by atoms with E-state index in [-0.39, 0.29) is 22.9 Å². The number of aliphatic imine (C=N–C) groups is 1. The Kier molecular flexibility index (Phi) is 7.72. The minimum absolute atomic E-state index is 0.0221. The van der Waals surface area contributed by atoms with Gasteiger partial charge in [0.2, 0.25) is 0 Å². The summed E-state index contributed by atoms with van der Waals surface area (Å²) in [6.07, 6.45) is -3.83. The minimum Gasteiger partial charge on any atom is -0.386 e. The number of anilines is 1. The van der Waals surface area contributed by atoms with Gasteiger partial charge in [-0.15, -0.1) is 0 Å². The van der Waals surface area contributed by atoms with Gasteiger partial charge in [-0.1, -0.05) is 0 Å². The van der Waals surface area contributed by atoms with E-state index in [9.17, 15) is 28.6 Å². The van der Waals surface area contributed by atoms with Gasteiger partial charge >= 0.3 is 23.5 Å². The lowest BCUT2D eigenvalue weighted by atomic mass is 10.1. The molecule has 34 heavy (non-hydrogen) atoms. The lowest BCUT2D eigenvalue weighted by Crippen LogP contribution is -2.35. The van der Waals surface area contributed by atoms with Gasteiger partial charge in [0, 0.05) is 7.11 Å². The highest BCUT2D eigenvalue weighted by Crippen LogP contribution is 2.66. The summed E-state index contributed by atoms with van der Waals surface area (Å²) in [5, 5.41) is 10.7. The Morgan fingerprint density at radius 1 is 1.21 bits per heavy atom. The maximum Gasteiger partial charge on any atom is 0.490 e. The zero-order valence-corrected chi connectivity index (χ0v) is 19.6. The number of nitrogen functional groups attached to an aromatic ring is 1. The number of methoxy groups -OCH3 is 1. The van der Waals surface area contributed by atoms with Crippen LogP contribution < -0.4 is 5.73 Å². The van der Waals surface area contributed by atoms with Crippen molar-refractivity contribution >= 4 is 53.1 Å². The molecule has 190 valence electrons. The van der Waals surface area contributed by atoms with E-state index in [0.29, 0.717) is 0 Å². The number of imidazole rings is 1. The first-order chi connectivity index (χ1) is 15.7. The van der Waals surface area contributed by atoms with Crippen molar-refractivity contribution in [3.8, 4) is 0 Å². The van der Waals surface area contributed by atoms with Crippen molar-refractivity contribution < 1.29 is 61.0 Å². The standard InChI is InChI=1S/C12H19N6O13P3/c1-14-12-16-9(13)6-10(17-12)18(4-15-6)11-7(19)8(27-2)5(29-11)3-28-33(23,24)31-34(25,26)30-32(20,21)22/h4-5,7-8,11,19H,1,3H2,2H3,(H,23,24)(H,25,26)(H2,13,16,17)(H2,20,21,22). The maximum atomic E-state index is 12.0. The van der Waals surface area contributed by atoms with E-state index in [0.717, 1.165) is 0 Å². The summed E-state index contributed by atoms with van der Waals surface area (Å²) in [5.74, 6) is -0.0992. The number of nitrogens with zero attached hydrogens (tertiary/aromatic N) is 5. The fourth-order valence-electron chi connectivity index (χ4n) is 3.03. The molecule has 1 fully saturated rings. The molecule has 0 amide bonds. The number of aliphatic hydroxyl groups excluding tert-OH is 1. The van der Waals surface area contributed by atoms with Crippen LogP contribution in [0.15, 0.2) is 11.3 Å². The second kappa shape index (κ2) is 9.75. The van der Waals surface area contributed by atoms with E-state index >= 15 is 0 Å². The van der Waals surface area contributed by atoms with E-state index in [1.54, 1.807) is 0 Å². The van der Waals surface area contributed by atoms with Gasteiger partial charge in [-0.3, -0.25) is 9.09 Å². The SMILES string of the molecule is C=Nc1nc(N)c2ncn(C3OC(COP(=O)(O)OP(=O)(O)OP(=O)(O)O)C(OC)C3O)c2n1. The van der Waals surface area contributed by atoms with Crippen molar-refractivity contribution in [2.24, 2.45) is 4.99 Å². The predicted octanol–water partition coefficient (Wildman–Crippen LogP) is -0.643. The second-order valence-corrected chi connectivity index (χ2v) is 11.0. The van der Waals surface area contributed by atoms with Gasteiger partial charge in [0.1, 0.15) is 23.8 Å². The summed E-state index contributed by atoms with van der Waals surface area (Å²) in [6.45, 7) is 2.46. The van der Waals surface area contributed by atoms with Crippen LogP contribution in [0.1, 0.15) is 6.23 Å². The average molecular weight is 548 g/mol. The summed E-state index contributed by atoms with van der Waals surface area (Å²) in [5.41, 5.74) is 6.08. The number of rotatable bonds is 10. The molecule has 6 atom stereocenters. The fraction of sp³-hybridized carbons (Fsp3) is 0.500. The molecule has 0 bridgehead atoms.